The van der Waals surface area contributed by atoms with Gasteiger partial charge in [0.05, 0.1) is 5.69 Å². The number of nitrogens with two attached hydrogens (primary N) is 1. The molecule has 0 spiro atoms. The number of aromatic nitrogens is 2. The van der Waals surface area contributed by atoms with Crippen molar-refractivity contribution in [2.75, 3.05) is 6.54 Å². The van der Waals surface area contributed by atoms with Gasteiger partial charge in [0.1, 0.15) is 5.82 Å². The van der Waals surface area contributed by atoms with Crippen molar-refractivity contribution < 1.29 is 0 Å². The fourth-order valence-corrected chi connectivity index (χ4v) is 1.59. The van der Waals surface area contributed by atoms with Gasteiger partial charge in [0.25, 0.3) is 0 Å². The molecule has 3 nitrogen and oxygen atoms in total. The molecule has 0 fully saturated rings. The molecule has 0 unspecified atom stereocenters. The lowest BCUT2D eigenvalue weighted by Crippen LogP contribution is -2.04. The van der Waals surface area contributed by atoms with Gasteiger partial charge in [-0.3, -0.25) is 0 Å². The minimum atomic E-state index is 0.482. The summed E-state index contributed by atoms with van der Waals surface area (Å²) in [6.45, 7) is 9.38. The Labute approximate surface area is 86.1 Å². The molecule has 0 aromatic carbocycles. The first-order valence-corrected chi connectivity index (χ1v) is 5.35. The van der Waals surface area contributed by atoms with Gasteiger partial charge >= 0.3 is 0 Å². The van der Waals surface area contributed by atoms with Crippen LogP contribution in [0.2, 0.25) is 0 Å². The predicted octanol–water partition coefficient (Wildman–Crippen LogP) is 2.16. The van der Waals surface area contributed by atoms with Crippen molar-refractivity contribution >= 4 is 0 Å². The Morgan fingerprint density at radius 3 is 2.21 bits per heavy atom. The average Bonchev–Trinajstić information content (AvgIpc) is 2.49. The van der Waals surface area contributed by atoms with E-state index in [-0.39, 0.29) is 0 Å². The smallest absolute Gasteiger partial charge is 0.107 e. The van der Waals surface area contributed by atoms with E-state index in [2.05, 4.69) is 37.7 Å². The number of nitrogens with zero attached hydrogens (tertiary/aromatic N) is 1. The number of nitrogens with one attached hydrogen (secondary N) is 1. The van der Waals surface area contributed by atoms with E-state index in [4.69, 9.17) is 5.73 Å². The van der Waals surface area contributed by atoms with E-state index in [1.165, 1.54) is 11.4 Å². The van der Waals surface area contributed by atoms with Crippen LogP contribution in [0.5, 0.6) is 0 Å². The van der Waals surface area contributed by atoms with E-state index in [1.807, 2.05) is 0 Å². The Bertz CT molecular complexity index is 261. The summed E-state index contributed by atoms with van der Waals surface area (Å²) in [6, 6.07) is 0. The van der Waals surface area contributed by atoms with E-state index in [1.54, 1.807) is 0 Å². The van der Waals surface area contributed by atoms with Gasteiger partial charge < -0.3 is 10.7 Å². The lowest BCUT2D eigenvalue weighted by Gasteiger charge is -2.07. The van der Waals surface area contributed by atoms with Gasteiger partial charge in [-0.25, -0.2) is 4.98 Å². The molecular weight excluding hydrogens is 174 g/mol. The standard InChI is InChI=1S/C11H21N3/c1-7(2)10-11(8(3)4)14-9(13-10)5-6-12/h7-8H,5-6,12H2,1-4H3,(H,13,14). The number of hydrogen-bond acceptors (Lipinski definition) is 2. The van der Waals surface area contributed by atoms with E-state index >= 15 is 0 Å². The molecule has 14 heavy (non-hydrogen) atoms. The number of rotatable bonds is 4. The zero-order valence-corrected chi connectivity index (χ0v) is 9.59. The molecule has 0 aliphatic carbocycles. The second kappa shape index (κ2) is 4.60. The first kappa shape index (κ1) is 11.2. The monoisotopic (exact) mass is 195 g/mol. The minimum absolute atomic E-state index is 0.482. The van der Waals surface area contributed by atoms with Crippen LogP contribution in [-0.4, -0.2) is 16.5 Å². The highest BCUT2D eigenvalue weighted by Gasteiger charge is 2.15. The van der Waals surface area contributed by atoms with E-state index in [0.717, 1.165) is 12.2 Å². The summed E-state index contributed by atoms with van der Waals surface area (Å²) < 4.78 is 0. The molecule has 0 aliphatic heterocycles. The Kier molecular flexibility index (Phi) is 3.69. The number of imidazole rings is 1. The van der Waals surface area contributed by atoms with Crippen molar-refractivity contribution in [2.45, 2.75) is 46.0 Å². The van der Waals surface area contributed by atoms with Crippen molar-refractivity contribution in [3.05, 3.63) is 17.2 Å². The van der Waals surface area contributed by atoms with Crippen LogP contribution in [0.15, 0.2) is 0 Å². The molecule has 0 atom stereocenters. The van der Waals surface area contributed by atoms with Gasteiger partial charge in [-0.15, -0.1) is 0 Å². The summed E-state index contributed by atoms with van der Waals surface area (Å²) in [4.78, 5) is 7.96. The molecule has 0 saturated carbocycles. The second-order valence-corrected chi connectivity index (χ2v) is 4.33. The lowest BCUT2D eigenvalue weighted by atomic mass is 10.0. The summed E-state index contributed by atoms with van der Waals surface area (Å²) >= 11 is 0. The van der Waals surface area contributed by atoms with Crippen molar-refractivity contribution in [2.24, 2.45) is 5.73 Å². The topological polar surface area (TPSA) is 54.7 Å². The van der Waals surface area contributed by atoms with E-state index in [0.29, 0.717) is 18.4 Å². The van der Waals surface area contributed by atoms with Gasteiger partial charge in [-0.05, 0) is 18.4 Å². The molecule has 80 valence electrons. The molecule has 0 saturated heterocycles. The summed E-state index contributed by atoms with van der Waals surface area (Å²) in [7, 11) is 0. The van der Waals surface area contributed by atoms with Gasteiger partial charge in [-0.1, -0.05) is 27.7 Å². The molecular formula is C11H21N3. The molecule has 1 aromatic heterocycles. The van der Waals surface area contributed by atoms with Crippen molar-refractivity contribution in [1.29, 1.82) is 0 Å². The molecule has 1 heterocycles. The molecule has 1 aromatic rings. The van der Waals surface area contributed by atoms with Crippen molar-refractivity contribution in [1.82, 2.24) is 9.97 Å². The van der Waals surface area contributed by atoms with Crippen LogP contribution in [0.25, 0.3) is 0 Å². The third-order valence-corrected chi connectivity index (χ3v) is 2.32. The van der Waals surface area contributed by atoms with Crippen molar-refractivity contribution in [3.63, 3.8) is 0 Å². The second-order valence-electron chi connectivity index (χ2n) is 4.33. The average molecular weight is 195 g/mol. The molecule has 0 amide bonds. The third kappa shape index (κ3) is 2.35. The third-order valence-electron chi connectivity index (χ3n) is 2.32. The van der Waals surface area contributed by atoms with Crippen LogP contribution in [0, 0.1) is 0 Å². The Balaban J connectivity index is 3.00. The van der Waals surface area contributed by atoms with Gasteiger partial charge in [0.15, 0.2) is 0 Å². The van der Waals surface area contributed by atoms with Gasteiger partial charge in [-0.2, -0.15) is 0 Å². The summed E-state index contributed by atoms with van der Waals surface area (Å²) in [5.74, 6) is 2.02. The largest absolute Gasteiger partial charge is 0.345 e. The SMILES string of the molecule is CC(C)c1nc(CCN)[nH]c1C(C)C. The highest BCUT2D eigenvalue weighted by molar-refractivity contribution is 5.21. The van der Waals surface area contributed by atoms with Crippen LogP contribution in [0.1, 0.15) is 56.7 Å². The maximum absolute atomic E-state index is 5.51. The zero-order valence-electron chi connectivity index (χ0n) is 9.59. The van der Waals surface area contributed by atoms with Crippen LogP contribution < -0.4 is 5.73 Å². The number of aromatic amines is 1. The van der Waals surface area contributed by atoms with Gasteiger partial charge in [0.2, 0.25) is 0 Å². The van der Waals surface area contributed by atoms with Crippen LogP contribution in [-0.2, 0) is 6.42 Å². The molecule has 3 heteroatoms. The molecule has 1 rings (SSSR count). The summed E-state index contributed by atoms with van der Waals surface area (Å²) in [6.07, 6.45) is 0.840. The first-order chi connectivity index (χ1) is 6.56. The Hall–Kier alpha value is -0.830. The molecule has 3 N–H and O–H groups in total. The quantitative estimate of drug-likeness (QED) is 0.773. The molecule has 0 radical (unpaired) electrons. The fraction of sp³-hybridized carbons (Fsp3) is 0.727. The molecule has 0 bridgehead atoms. The lowest BCUT2D eigenvalue weighted by molar-refractivity contribution is 0.759. The molecule has 0 aliphatic rings. The van der Waals surface area contributed by atoms with Crippen LogP contribution in [0.3, 0.4) is 0 Å². The number of hydrogen-bond donors (Lipinski definition) is 2. The maximum atomic E-state index is 5.51. The Morgan fingerprint density at radius 1 is 1.21 bits per heavy atom. The predicted molar refractivity (Wildman–Crippen MR) is 59.5 cm³/mol. The first-order valence-electron chi connectivity index (χ1n) is 5.35. The van der Waals surface area contributed by atoms with E-state index < -0.39 is 0 Å². The van der Waals surface area contributed by atoms with E-state index in [9.17, 15) is 0 Å². The normalized spacial score (nSPS) is 11.6. The van der Waals surface area contributed by atoms with Crippen LogP contribution >= 0.6 is 0 Å². The maximum Gasteiger partial charge on any atom is 0.107 e. The number of H-pyrrole nitrogens is 1. The Morgan fingerprint density at radius 2 is 1.86 bits per heavy atom. The summed E-state index contributed by atoms with van der Waals surface area (Å²) in [5, 5.41) is 0. The highest BCUT2D eigenvalue weighted by Crippen LogP contribution is 2.23. The minimum Gasteiger partial charge on any atom is -0.345 e. The fourth-order valence-electron chi connectivity index (χ4n) is 1.59. The summed E-state index contributed by atoms with van der Waals surface area (Å²) in [5.41, 5.74) is 7.98. The van der Waals surface area contributed by atoms with Crippen molar-refractivity contribution in [3.8, 4) is 0 Å². The zero-order chi connectivity index (χ0) is 10.7. The van der Waals surface area contributed by atoms with Crippen LogP contribution in [0.4, 0.5) is 0 Å². The highest BCUT2D eigenvalue weighted by atomic mass is 14.9. The van der Waals surface area contributed by atoms with Gasteiger partial charge in [0, 0.05) is 12.1 Å².